The maximum atomic E-state index is 12.4. The van der Waals surface area contributed by atoms with Gasteiger partial charge in [-0.2, -0.15) is 0 Å². The van der Waals surface area contributed by atoms with Crippen molar-refractivity contribution in [2.75, 3.05) is 19.7 Å². The first-order valence-corrected chi connectivity index (χ1v) is 8.19. The Morgan fingerprint density at radius 3 is 2.77 bits per heavy atom. The highest BCUT2D eigenvalue weighted by Gasteiger charge is 2.20. The number of hydrogen-bond acceptors (Lipinski definition) is 4. The van der Waals surface area contributed by atoms with Crippen LogP contribution in [0.2, 0.25) is 0 Å². The summed E-state index contributed by atoms with van der Waals surface area (Å²) in [6.45, 7) is 5.47. The van der Waals surface area contributed by atoms with Crippen molar-refractivity contribution in [1.82, 2.24) is 4.90 Å². The van der Waals surface area contributed by atoms with E-state index in [1.54, 1.807) is 0 Å². The molecule has 4 nitrogen and oxygen atoms in total. The van der Waals surface area contributed by atoms with Gasteiger partial charge in [0.1, 0.15) is 11.3 Å². The van der Waals surface area contributed by atoms with Gasteiger partial charge in [-0.15, -0.1) is 0 Å². The number of nitrogens with zero attached hydrogens (tertiary/aromatic N) is 1. The molecular weight excluding hydrogens is 278 g/mol. The molecular formula is C18H23NO3. The van der Waals surface area contributed by atoms with Gasteiger partial charge in [0.25, 0.3) is 0 Å². The number of ether oxygens (including phenoxy) is 1. The predicted octanol–water partition coefficient (Wildman–Crippen LogP) is 3.57. The van der Waals surface area contributed by atoms with Crippen LogP contribution in [0.5, 0.6) is 5.75 Å². The van der Waals surface area contributed by atoms with Crippen LogP contribution < -0.4 is 10.4 Å². The molecule has 1 aliphatic rings. The zero-order chi connectivity index (χ0) is 15.4. The molecule has 0 unspecified atom stereocenters. The number of benzene rings is 1. The second kappa shape index (κ2) is 6.97. The van der Waals surface area contributed by atoms with E-state index in [1.807, 2.05) is 24.3 Å². The van der Waals surface area contributed by atoms with Gasteiger partial charge < -0.3 is 9.15 Å². The van der Waals surface area contributed by atoms with Crippen molar-refractivity contribution in [3.05, 3.63) is 40.2 Å². The lowest BCUT2D eigenvalue weighted by molar-refractivity contribution is 0.285. The van der Waals surface area contributed by atoms with Crippen LogP contribution in [0.15, 0.2) is 33.5 Å². The third kappa shape index (κ3) is 3.17. The van der Waals surface area contributed by atoms with E-state index in [1.165, 1.54) is 12.8 Å². The van der Waals surface area contributed by atoms with Crippen LogP contribution in [0.1, 0.15) is 38.2 Å². The first-order valence-electron chi connectivity index (χ1n) is 8.19. The van der Waals surface area contributed by atoms with E-state index in [-0.39, 0.29) is 5.63 Å². The lowest BCUT2D eigenvalue weighted by Gasteiger charge is -2.18. The molecule has 1 saturated heterocycles. The third-order valence-corrected chi connectivity index (χ3v) is 4.18. The Bertz CT molecular complexity index is 686. The molecule has 1 aliphatic heterocycles. The number of hydrogen-bond donors (Lipinski definition) is 0. The van der Waals surface area contributed by atoms with Crippen LogP contribution in [0.25, 0.3) is 11.0 Å². The van der Waals surface area contributed by atoms with E-state index in [2.05, 4.69) is 11.8 Å². The minimum Gasteiger partial charge on any atom is -0.492 e. The molecule has 0 atom stereocenters. The average molecular weight is 301 g/mol. The fourth-order valence-corrected chi connectivity index (χ4v) is 2.94. The highest BCUT2D eigenvalue weighted by molar-refractivity contribution is 5.84. The molecule has 0 saturated carbocycles. The van der Waals surface area contributed by atoms with Gasteiger partial charge in [-0.1, -0.05) is 25.5 Å². The zero-order valence-corrected chi connectivity index (χ0v) is 13.1. The molecule has 3 rings (SSSR count). The minimum absolute atomic E-state index is 0.267. The van der Waals surface area contributed by atoms with E-state index in [9.17, 15) is 4.79 Å². The van der Waals surface area contributed by atoms with Crippen molar-refractivity contribution in [2.24, 2.45) is 0 Å². The number of rotatable bonds is 6. The third-order valence-electron chi connectivity index (χ3n) is 4.18. The Hall–Kier alpha value is -1.81. The van der Waals surface area contributed by atoms with Crippen LogP contribution in [-0.2, 0) is 6.54 Å². The molecule has 22 heavy (non-hydrogen) atoms. The summed E-state index contributed by atoms with van der Waals surface area (Å²) in [4.78, 5) is 14.7. The summed E-state index contributed by atoms with van der Waals surface area (Å²) >= 11 is 0. The highest BCUT2D eigenvalue weighted by atomic mass is 16.5. The van der Waals surface area contributed by atoms with Gasteiger partial charge in [0, 0.05) is 6.54 Å². The number of unbranched alkanes of at least 4 members (excludes halogenated alkanes) is 1. The quantitative estimate of drug-likeness (QED) is 0.604. The van der Waals surface area contributed by atoms with Gasteiger partial charge in [-0.25, -0.2) is 4.79 Å². The highest BCUT2D eigenvalue weighted by Crippen LogP contribution is 2.29. The Kier molecular flexibility index (Phi) is 4.78. The number of para-hydroxylation sites is 1. The summed E-state index contributed by atoms with van der Waals surface area (Å²) < 4.78 is 11.5. The smallest absolute Gasteiger partial charge is 0.344 e. The largest absolute Gasteiger partial charge is 0.492 e. The number of fused-ring (bicyclic) bond motifs is 1. The number of likely N-dealkylation sites (tertiary alicyclic amines) is 1. The van der Waals surface area contributed by atoms with E-state index in [0.29, 0.717) is 30.0 Å². The predicted molar refractivity (Wildman–Crippen MR) is 87.4 cm³/mol. The van der Waals surface area contributed by atoms with E-state index in [4.69, 9.17) is 9.15 Å². The monoisotopic (exact) mass is 301 g/mol. The van der Waals surface area contributed by atoms with Gasteiger partial charge in [-0.3, -0.25) is 4.90 Å². The fraction of sp³-hybridized carbons (Fsp3) is 0.500. The average Bonchev–Trinajstić information content (AvgIpc) is 3.03. The van der Waals surface area contributed by atoms with Crippen molar-refractivity contribution in [3.8, 4) is 5.75 Å². The Balaban J connectivity index is 2.00. The molecule has 118 valence electrons. The Morgan fingerprint density at radius 2 is 2.00 bits per heavy atom. The van der Waals surface area contributed by atoms with E-state index < -0.39 is 0 Å². The summed E-state index contributed by atoms with van der Waals surface area (Å²) in [6, 6.07) is 7.62. The zero-order valence-electron chi connectivity index (χ0n) is 13.1. The minimum atomic E-state index is -0.267. The molecule has 1 aromatic carbocycles. The molecule has 0 aliphatic carbocycles. The lowest BCUT2D eigenvalue weighted by Crippen LogP contribution is -2.24. The molecule has 1 aromatic heterocycles. The van der Waals surface area contributed by atoms with Crippen molar-refractivity contribution in [3.63, 3.8) is 0 Å². The fourth-order valence-electron chi connectivity index (χ4n) is 2.94. The van der Waals surface area contributed by atoms with Crippen LogP contribution in [0.4, 0.5) is 0 Å². The molecule has 0 spiro atoms. The van der Waals surface area contributed by atoms with Crippen molar-refractivity contribution in [2.45, 2.75) is 39.2 Å². The Labute approximate surface area is 130 Å². The van der Waals surface area contributed by atoms with E-state index in [0.717, 1.165) is 31.3 Å². The summed E-state index contributed by atoms with van der Waals surface area (Å²) in [7, 11) is 0. The molecule has 0 N–H and O–H groups in total. The van der Waals surface area contributed by atoms with Gasteiger partial charge in [0.2, 0.25) is 0 Å². The normalized spacial score (nSPS) is 15.5. The first kappa shape index (κ1) is 15.1. The van der Waals surface area contributed by atoms with Gasteiger partial charge in [0.15, 0.2) is 0 Å². The van der Waals surface area contributed by atoms with Crippen molar-refractivity contribution >= 4 is 11.0 Å². The maximum absolute atomic E-state index is 12.4. The molecule has 4 heteroatoms. The van der Waals surface area contributed by atoms with Crippen LogP contribution in [-0.4, -0.2) is 24.6 Å². The SMILES string of the molecule is CCCCOc1c(CN2CCCC2)c(=O)oc2ccccc12. The van der Waals surface area contributed by atoms with Crippen LogP contribution >= 0.6 is 0 Å². The Morgan fingerprint density at radius 1 is 1.23 bits per heavy atom. The standard InChI is InChI=1S/C18H23NO3/c1-2-3-12-21-17-14-8-4-5-9-16(14)22-18(20)15(17)13-19-10-6-7-11-19/h4-5,8-9H,2-3,6-7,10-13H2,1H3. The van der Waals surface area contributed by atoms with Crippen molar-refractivity contribution < 1.29 is 9.15 Å². The second-order valence-corrected chi connectivity index (χ2v) is 5.88. The van der Waals surface area contributed by atoms with E-state index >= 15 is 0 Å². The topological polar surface area (TPSA) is 42.7 Å². The summed E-state index contributed by atoms with van der Waals surface area (Å²) in [5.74, 6) is 0.715. The molecule has 0 amide bonds. The summed E-state index contributed by atoms with van der Waals surface area (Å²) in [6.07, 6.45) is 4.45. The van der Waals surface area contributed by atoms with Gasteiger partial charge in [0.05, 0.1) is 17.6 Å². The summed E-state index contributed by atoms with van der Waals surface area (Å²) in [5, 5.41) is 0.896. The maximum Gasteiger partial charge on any atom is 0.344 e. The molecule has 0 radical (unpaired) electrons. The lowest BCUT2D eigenvalue weighted by atomic mass is 10.1. The van der Waals surface area contributed by atoms with Crippen LogP contribution in [0, 0.1) is 0 Å². The van der Waals surface area contributed by atoms with Crippen LogP contribution in [0.3, 0.4) is 0 Å². The second-order valence-electron chi connectivity index (χ2n) is 5.88. The first-order chi connectivity index (χ1) is 10.8. The molecule has 2 aromatic rings. The van der Waals surface area contributed by atoms with Gasteiger partial charge in [-0.05, 0) is 44.5 Å². The molecule has 1 fully saturated rings. The molecule has 0 bridgehead atoms. The summed E-state index contributed by atoms with van der Waals surface area (Å²) in [5.41, 5.74) is 0.998. The van der Waals surface area contributed by atoms with Crippen molar-refractivity contribution in [1.29, 1.82) is 0 Å². The van der Waals surface area contributed by atoms with Gasteiger partial charge >= 0.3 is 5.63 Å². The molecule has 2 heterocycles.